The van der Waals surface area contributed by atoms with E-state index in [1.54, 1.807) is 0 Å². The Kier molecular flexibility index (Phi) is 4.15. The van der Waals surface area contributed by atoms with Crippen LogP contribution in [0, 0.1) is 5.92 Å². The minimum Gasteiger partial charge on any atom is -0.374 e. The van der Waals surface area contributed by atoms with E-state index in [0.717, 1.165) is 26.1 Å². The number of carbonyl (C=O) groups excluding carboxylic acids is 1. The Morgan fingerprint density at radius 3 is 3.06 bits per heavy atom. The lowest BCUT2D eigenvalue weighted by Gasteiger charge is -2.30. The van der Waals surface area contributed by atoms with Crippen LogP contribution in [0.4, 0.5) is 0 Å². The maximum Gasteiger partial charge on any atom is 0.227 e. The third-order valence-corrected chi connectivity index (χ3v) is 3.30. The van der Waals surface area contributed by atoms with E-state index in [0.29, 0.717) is 6.54 Å². The zero-order chi connectivity index (χ0) is 12.3. The van der Waals surface area contributed by atoms with Gasteiger partial charge < -0.3 is 20.7 Å². The van der Waals surface area contributed by atoms with E-state index in [1.165, 1.54) is 0 Å². The van der Waals surface area contributed by atoms with Crippen molar-refractivity contribution in [2.75, 3.05) is 33.3 Å². The van der Waals surface area contributed by atoms with Crippen molar-refractivity contribution >= 4 is 5.91 Å². The Hall–Kier alpha value is -0.910. The Morgan fingerprint density at radius 1 is 1.59 bits per heavy atom. The summed E-state index contributed by atoms with van der Waals surface area (Å²) in [5.74, 6) is -0.00246. The Morgan fingerprint density at radius 2 is 2.41 bits per heavy atom. The van der Waals surface area contributed by atoms with E-state index in [2.05, 4.69) is 17.3 Å². The average Bonchev–Trinajstić information content (AvgIpc) is 2.73. The van der Waals surface area contributed by atoms with Crippen LogP contribution in [-0.4, -0.2) is 56.2 Å². The first-order valence-electron chi connectivity index (χ1n) is 6.17. The minimum absolute atomic E-state index is 0.0304. The molecule has 0 saturated carbocycles. The molecule has 1 aliphatic carbocycles. The molecular weight excluding hydrogens is 218 g/mol. The monoisotopic (exact) mass is 239 g/mol. The first kappa shape index (κ1) is 12.5. The van der Waals surface area contributed by atoms with Gasteiger partial charge in [-0.15, -0.1) is 0 Å². The van der Waals surface area contributed by atoms with Gasteiger partial charge >= 0.3 is 0 Å². The van der Waals surface area contributed by atoms with Crippen molar-refractivity contribution in [3.63, 3.8) is 0 Å². The predicted octanol–water partition coefficient (Wildman–Crippen LogP) is -0.663. The lowest BCUT2D eigenvalue weighted by Crippen LogP contribution is -2.46. The van der Waals surface area contributed by atoms with Gasteiger partial charge in [0.25, 0.3) is 0 Å². The first-order valence-corrected chi connectivity index (χ1v) is 6.17. The summed E-state index contributed by atoms with van der Waals surface area (Å²) in [7, 11) is 2.07. The van der Waals surface area contributed by atoms with E-state index in [-0.39, 0.29) is 24.0 Å². The van der Waals surface area contributed by atoms with Gasteiger partial charge in [-0.05, 0) is 13.5 Å². The van der Waals surface area contributed by atoms with E-state index < -0.39 is 0 Å². The van der Waals surface area contributed by atoms with Gasteiger partial charge in [-0.25, -0.2) is 0 Å². The molecule has 3 unspecified atom stereocenters. The molecule has 0 aromatic carbocycles. The highest BCUT2D eigenvalue weighted by atomic mass is 16.5. The molecule has 3 N–H and O–H groups in total. The fourth-order valence-corrected chi connectivity index (χ4v) is 2.26. The summed E-state index contributed by atoms with van der Waals surface area (Å²) in [6, 6.07) is 0.0304. The number of nitrogens with one attached hydrogen (secondary N) is 1. The molecule has 0 bridgehead atoms. The van der Waals surface area contributed by atoms with Crippen molar-refractivity contribution in [3.8, 4) is 0 Å². The summed E-state index contributed by atoms with van der Waals surface area (Å²) in [5.41, 5.74) is 5.72. The number of rotatable bonds is 3. The van der Waals surface area contributed by atoms with Crippen molar-refractivity contribution in [3.05, 3.63) is 12.2 Å². The molecule has 96 valence electrons. The van der Waals surface area contributed by atoms with Crippen molar-refractivity contribution in [2.24, 2.45) is 11.7 Å². The van der Waals surface area contributed by atoms with Crippen molar-refractivity contribution < 1.29 is 9.53 Å². The summed E-state index contributed by atoms with van der Waals surface area (Å²) in [6.07, 6.45) is 4.62. The molecule has 0 aromatic rings. The highest BCUT2D eigenvalue weighted by Crippen LogP contribution is 2.16. The van der Waals surface area contributed by atoms with Gasteiger partial charge in [0.2, 0.25) is 5.91 Å². The number of hydrogen-bond donors (Lipinski definition) is 2. The van der Waals surface area contributed by atoms with Crippen LogP contribution in [-0.2, 0) is 9.53 Å². The normalized spacial score (nSPS) is 33.9. The molecule has 1 heterocycles. The molecule has 0 radical (unpaired) electrons. The average molecular weight is 239 g/mol. The third-order valence-electron chi connectivity index (χ3n) is 3.30. The van der Waals surface area contributed by atoms with Crippen molar-refractivity contribution in [2.45, 2.75) is 18.6 Å². The van der Waals surface area contributed by atoms with E-state index >= 15 is 0 Å². The molecule has 3 atom stereocenters. The predicted molar refractivity (Wildman–Crippen MR) is 65.5 cm³/mol. The van der Waals surface area contributed by atoms with Crippen LogP contribution in [0.15, 0.2) is 12.2 Å². The SMILES string of the molecule is CN1CCOC(CNC(=O)C2C=CC(N)C2)C1. The van der Waals surface area contributed by atoms with E-state index in [1.807, 2.05) is 12.2 Å². The Balaban J connectivity index is 1.71. The molecule has 2 aliphatic rings. The van der Waals surface area contributed by atoms with Gasteiger partial charge in [0.05, 0.1) is 18.6 Å². The number of nitrogens with zero attached hydrogens (tertiary/aromatic N) is 1. The maximum absolute atomic E-state index is 11.8. The highest BCUT2D eigenvalue weighted by molar-refractivity contribution is 5.81. The summed E-state index contributed by atoms with van der Waals surface area (Å²) >= 11 is 0. The highest BCUT2D eigenvalue weighted by Gasteiger charge is 2.24. The summed E-state index contributed by atoms with van der Waals surface area (Å²) in [4.78, 5) is 14.0. The first-order chi connectivity index (χ1) is 8.15. The van der Waals surface area contributed by atoms with Crippen LogP contribution >= 0.6 is 0 Å². The second-order valence-corrected chi connectivity index (χ2v) is 4.89. The Labute approximate surface area is 102 Å². The number of morpholine rings is 1. The second kappa shape index (κ2) is 5.62. The molecule has 5 nitrogen and oxygen atoms in total. The van der Waals surface area contributed by atoms with Gasteiger partial charge in [-0.1, -0.05) is 12.2 Å². The fourth-order valence-electron chi connectivity index (χ4n) is 2.26. The number of nitrogens with two attached hydrogens (primary N) is 1. The lowest BCUT2D eigenvalue weighted by atomic mass is 10.1. The third kappa shape index (κ3) is 3.52. The van der Waals surface area contributed by atoms with Crippen LogP contribution in [0.1, 0.15) is 6.42 Å². The zero-order valence-electron chi connectivity index (χ0n) is 10.3. The van der Waals surface area contributed by atoms with Crippen LogP contribution < -0.4 is 11.1 Å². The topological polar surface area (TPSA) is 67.6 Å². The minimum atomic E-state index is -0.0636. The lowest BCUT2D eigenvalue weighted by molar-refractivity contribution is -0.124. The number of carbonyl (C=O) groups is 1. The largest absolute Gasteiger partial charge is 0.374 e. The van der Waals surface area contributed by atoms with Gasteiger partial charge in [-0.2, -0.15) is 0 Å². The molecule has 1 amide bonds. The van der Waals surface area contributed by atoms with Crippen LogP contribution in [0.25, 0.3) is 0 Å². The standard InChI is InChI=1S/C12H21N3O2/c1-15-4-5-17-11(8-15)7-14-12(16)9-2-3-10(13)6-9/h2-3,9-11H,4-8,13H2,1H3,(H,14,16). The molecule has 17 heavy (non-hydrogen) atoms. The van der Waals surface area contributed by atoms with Gasteiger partial charge in [0, 0.05) is 25.7 Å². The number of hydrogen-bond acceptors (Lipinski definition) is 4. The number of amides is 1. The molecule has 0 spiro atoms. The van der Waals surface area contributed by atoms with Gasteiger partial charge in [0.15, 0.2) is 0 Å². The van der Waals surface area contributed by atoms with Gasteiger partial charge in [0.1, 0.15) is 0 Å². The second-order valence-electron chi connectivity index (χ2n) is 4.89. The van der Waals surface area contributed by atoms with Crippen molar-refractivity contribution in [1.29, 1.82) is 0 Å². The fraction of sp³-hybridized carbons (Fsp3) is 0.750. The molecule has 1 aliphatic heterocycles. The smallest absolute Gasteiger partial charge is 0.227 e. The molecule has 5 heteroatoms. The van der Waals surface area contributed by atoms with Gasteiger partial charge in [-0.3, -0.25) is 4.79 Å². The molecule has 2 rings (SSSR count). The number of likely N-dealkylation sites (N-methyl/N-ethyl adjacent to an activating group) is 1. The van der Waals surface area contributed by atoms with E-state index in [9.17, 15) is 4.79 Å². The Bertz CT molecular complexity index is 306. The zero-order valence-corrected chi connectivity index (χ0v) is 10.3. The number of ether oxygens (including phenoxy) is 1. The maximum atomic E-state index is 11.8. The van der Waals surface area contributed by atoms with Crippen LogP contribution in [0.2, 0.25) is 0 Å². The van der Waals surface area contributed by atoms with Crippen LogP contribution in [0.3, 0.4) is 0 Å². The quantitative estimate of drug-likeness (QED) is 0.641. The summed E-state index contributed by atoms with van der Waals surface area (Å²) in [5, 5.41) is 2.94. The van der Waals surface area contributed by atoms with E-state index in [4.69, 9.17) is 10.5 Å². The van der Waals surface area contributed by atoms with Crippen molar-refractivity contribution in [1.82, 2.24) is 10.2 Å². The molecule has 1 saturated heterocycles. The molecular formula is C12H21N3O2. The molecule has 0 aromatic heterocycles. The summed E-state index contributed by atoms with van der Waals surface area (Å²) < 4.78 is 5.58. The van der Waals surface area contributed by atoms with Crippen LogP contribution in [0.5, 0.6) is 0 Å². The molecule has 1 fully saturated rings. The summed E-state index contributed by atoms with van der Waals surface area (Å²) in [6.45, 7) is 3.17.